The number of methoxy groups -OCH3 is 1. The topological polar surface area (TPSA) is 102 Å². The highest BCUT2D eigenvalue weighted by atomic mass is 16.5. The maximum Gasteiger partial charge on any atom is 0.409 e. The van der Waals surface area contributed by atoms with Crippen molar-refractivity contribution in [2.45, 2.75) is 12.8 Å². The van der Waals surface area contributed by atoms with E-state index in [2.05, 4.69) is 44.5 Å². The zero-order valence-corrected chi connectivity index (χ0v) is 21.8. The second kappa shape index (κ2) is 11.5. The molecular weight excluding hydrogens is 484 g/mol. The van der Waals surface area contributed by atoms with Crippen molar-refractivity contribution in [2.75, 3.05) is 73.9 Å². The van der Waals surface area contributed by atoms with Crippen molar-refractivity contribution in [1.29, 1.82) is 0 Å². The van der Waals surface area contributed by atoms with E-state index in [9.17, 15) is 4.79 Å². The lowest BCUT2D eigenvalue weighted by Gasteiger charge is -2.34. The molecule has 0 saturated carbocycles. The Morgan fingerprint density at radius 1 is 0.947 bits per heavy atom. The fraction of sp³-hybridized carbons (Fsp3) is 0.357. The van der Waals surface area contributed by atoms with Gasteiger partial charge in [0.1, 0.15) is 23.0 Å². The van der Waals surface area contributed by atoms with Gasteiger partial charge in [-0.15, -0.1) is 0 Å². The smallest absolute Gasteiger partial charge is 0.409 e. The minimum Gasteiger partial charge on any atom is -0.494 e. The zero-order chi connectivity index (χ0) is 26.5. The summed E-state index contributed by atoms with van der Waals surface area (Å²) in [6.07, 6.45) is 1.11. The Balaban J connectivity index is 1.40. The van der Waals surface area contributed by atoms with Crippen LogP contribution in [0.4, 0.5) is 33.4 Å². The Kier molecular flexibility index (Phi) is 7.69. The van der Waals surface area contributed by atoms with E-state index in [0.29, 0.717) is 23.1 Å². The van der Waals surface area contributed by atoms with Crippen LogP contribution in [0.3, 0.4) is 0 Å². The maximum absolute atomic E-state index is 11.1. The molecule has 0 unspecified atom stereocenters. The number of ether oxygens (including phenoxy) is 2. The molecule has 0 spiro atoms. The van der Waals surface area contributed by atoms with Crippen LogP contribution in [0.15, 0.2) is 54.6 Å². The van der Waals surface area contributed by atoms with Crippen molar-refractivity contribution in [3.63, 3.8) is 0 Å². The lowest BCUT2D eigenvalue weighted by Crippen LogP contribution is -2.44. The van der Waals surface area contributed by atoms with Crippen molar-refractivity contribution in [3.8, 4) is 17.4 Å². The third-order valence-electron chi connectivity index (χ3n) is 6.90. The fourth-order valence-corrected chi connectivity index (χ4v) is 4.83. The number of aromatic nitrogens is 1. The summed E-state index contributed by atoms with van der Waals surface area (Å²) in [4.78, 5) is 22.8. The van der Waals surface area contributed by atoms with Crippen LogP contribution >= 0.6 is 0 Å². The van der Waals surface area contributed by atoms with E-state index in [1.54, 1.807) is 31.4 Å². The standard InChI is InChI=1S/C28H34N6O4/c1-32-14-16-33(17-15-32)21-8-9-23(25(19-21)37-2)30-26-11-10-24(34-12-3-4-13-34)27(31-26)38-22-7-5-6-20(18-22)29-28(35)36/h5-11,18-19,29H,3-4,12-17H2,1-2H3,(H,30,31)(H,35,36). The van der Waals surface area contributed by atoms with Gasteiger partial charge in [0.15, 0.2) is 0 Å². The molecule has 3 N–H and O–H groups in total. The van der Waals surface area contributed by atoms with Crippen molar-refractivity contribution < 1.29 is 19.4 Å². The van der Waals surface area contributed by atoms with Crippen LogP contribution in [0.2, 0.25) is 0 Å². The number of piperazine rings is 1. The molecule has 3 aromatic rings. The number of benzene rings is 2. The van der Waals surface area contributed by atoms with Gasteiger partial charge in [-0.05, 0) is 56.3 Å². The third-order valence-corrected chi connectivity index (χ3v) is 6.90. The van der Waals surface area contributed by atoms with Crippen LogP contribution in [-0.2, 0) is 0 Å². The molecule has 10 nitrogen and oxygen atoms in total. The quantitative estimate of drug-likeness (QED) is 0.377. The lowest BCUT2D eigenvalue weighted by molar-refractivity contribution is 0.209. The number of carboxylic acid groups (broad SMARTS) is 1. The van der Waals surface area contributed by atoms with Crippen LogP contribution in [-0.4, -0.2) is 74.5 Å². The van der Waals surface area contributed by atoms with E-state index in [4.69, 9.17) is 19.6 Å². The molecule has 38 heavy (non-hydrogen) atoms. The van der Waals surface area contributed by atoms with E-state index >= 15 is 0 Å². The van der Waals surface area contributed by atoms with Crippen molar-refractivity contribution >= 4 is 34.7 Å². The Bertz CT molecular complexity index is 1270. The van der Waals surface area contributed by atoms with E-state index in [-0.39, 0.29) is 0 Å². The Morgan fingerprint density at radius 2 is 1.74 bits per heavy atom. The highest BCUT2D eigenvalue weighted by Gasteiger charge is 2.20. The third kappa shape index (κ3) is 6.03. The Morgan fingerprint density at radius 3 is 2.47 bits per heavy atom. The molecule has 0 atom stereocenters. The molecule has 10 heteroatoms. The van der Waals surface area contributed by atoms with Gasteiger partial charge in [-0.1, -0.05) is 6.07 Å². The van der Waals surface area contributed by atoms with Gasteiger partial charge < -0.3 is 34.6 Å². The van der Waals surface area contributed by atoms with E-state index in [1.165, 1.54) is 0 Å². The molecular formula is C28H34N6O4. The molecule has 1 aromatic heterocycles. The molecule has 2 fully saturated rings. The fourth-order valence-electron chi connectivity index (χ4n) is 4.83. The first-order valence-electron chi connectivity index (χ1n) is 12.9. The molecule has 2 aliphatic rings. The van der Waals surface area contributed by atoms with Crippen LogP contribution in [0.5, 0.6) is 17.4 Å². The number of amides is 1. The predicted molar refractivity (Wildman–Crippen MR) is 150 cm³/mol. The highest BCUT2D eigenvalue weighted by molar-refractivity contribution is 5.83. The summed E-state index contributed by atoms with van der Waals surface area (Å²) in [5, 5.41) is 14.8. The largest absolute Gasteiger partial charge is 0.494 e. The molecule has 3 heterocycles. The van der Waals surface area contributed by atoms with E-state index in [1.807, 2.05) is 18.2 Å². The van der Waals surface area contributed by atoms with Crippen molar-refractivity contribution in [3.05, 3.63) is 54.6 Å². The lowest BCUT2D eigenvalue weighted by atomic mass is 10.2. The van der Waals surface area contributed by atoms with Gasteiger partial charge in [0.05, 0.1) is 12.8 Å². The van der Waals surface area contributed by atoms with Gasteiger partial charge in [0, 0.05) is 62.8 Å². The number of nitrogens with zero attached hydrogens (tertiary/aromatic N) is 4. The highest BCUT2D eigenvalue weighted by Crippen LogP contribution is 2.37. The number of pyridine rings is 1. The summed E-state index contributed by atoms with van der Waals surface area (Å²) in [5.41, 5.74) is 3.28. The number of nitrogens with one attached hydrogen (secondary N) is 2. The van der Waals surface area contributed by atoms with Crippen LogP contribution in [0, 0.1) is 0 Å². The molecule has 200 valence electrons. The normalized spacial score (nSPS) is 15.8. The minimum absolute atomic E-state index is 0.428. The number of hydrogen-bond acceptors (Lipinski definition) is 8. The average Bonchev–Trinajstić information content (AvgIpc) is 3.44. The first-order valence-corrected chi connectivity index (χ1v) is 12.9. The van der Waals surface area contributed by atoms with Crippen LogP contribution < -0.4 is 29.9 Å². The van der Waals surface area contributed by atoms with Crippen LogP contribution in [0.25, 0.3) is 0 Å². The Hall–Kier alpha value is -4.18. The number of anilines is 5. The minimum atomic E-state index is -1.13. The van der Waals surface area contributed by atoms with Gasteiger partial charge in [-0.25, -0.2) is 4.79 Å². The van der Waals surface area contributed by atoms with Gasteiger partial charge in [0.2, 0.25) is 5.88 Å². The maximum atomic E-state index is 11.1. The second-order valence-corrected chi connectivity index (χ2v) is 9.57. The van der Waals surface area contributed by atoms with Gasteiger partial charge >= 0.3 is 6.09 Å². The molecule has 0 bridgehead atoms. The zero-order valence-electron chi connectivity index (χ0n) is 21.8. The van der Waals surface area contributed by atoms with Gasteiger partial charge in [0.25, 0.3) is 0 Å². The Labute approximate surface area is 222 Å². The summed E-state index contributed by atoms with van der Waals surface area (Å²) < 4.78 is 11.9. The first-order chi connectivity index (χ1) is 18.5. The average molecular weight is 519 g/mol. The molecule has 5 rings (SSSR count). The molecule has 2 saturated heterocycles. The van der Waals surface area contributed by atoms with E-state index < -0.39 is 6.09 Å². The number of rotatable bonds is 8. The summed E-state index contributed by atoms with van der Waals surface area (Å²) in [6.45, 7) is 5.91. The van der Waals surface area contributed by atoms with Gasteiger partial charge in [-0.2, -0.15) is 4.98 Å². The summed E-state index contributed by atoms with van der Waals surface area (Å²) in [6, 6.07) is 17.0. The number of carbonyl (C=O) groups is 1. The van der Waals surface area contributed by atoms with Crippen LogP contribution in [0.1, 0.15) is 12.8 Å². The summed E-state index contributed by atoms with van der Waals surface area (Å²) >= 11 is 0. The monoisotopic (exact) mass is 518 g/mol. The van der Waals surface area contributed by atoms with Crippen molar-refractivity contribution in [1.82, 2.24) is 9.88 Å². The van der Waals surface area contributed by atoms with Gasteiger partial charge in [-0.3, -0.25) is 5.32 Å². The second-order valence-electron chi connectivity index (χ2n) is 9.57. The van der Waals surface area contributed by atoms with E-state index in [0.717, 1.165) is 74.9 Å². The number of likely N-dealkylation sites (N-methyl/N-ethyl adjacent to an activating group) is 1. The molecule has 2 aliphatic heterocycles. The molecule has 1 amide bonds. The molecule has 2 aromatic carbocycles. The number of hydrogen-bond donors (Lipinski definition) is 3. The molecule has 0 radical (unpaired) electrons. The van der Waals surface area contributed by atoms with Crippen molar-refractivity contribution in [2.24, 2.45) is 0 Å². The summed E-state index contributed by atoms with van der Waals surface area (Å²) in [5.74, 6) is 2.31. The molecule has 0 aliphatic carbocycles. The summed E-state index contributed by atoms with van der Waals surface area (Å²) in [7, 11) is 3.82. The predicted octanol–water partition coefficient (Wildman–Crippen LogP) is 5.07. The SMILES string of the molecule is COc1cc(N2CCN(C)CC2)ccc1Nc1ccc(N2CCCC2)c(Oc2cccc(NC(=O)O)c2)n1. The first kappa shape index (κ1) is 25.5.